The summed E-state index contributed by atoms with van der Waals surface area (Å²) < 4.78 is 14.9. The molecular formula is C12H12FN3O. The Morgan fingerprint density at radius 1 is 1.41 bits per heavy atom. The summed E-state index contributed by atoms with van der Waals surface area (Å²) >= 11 is 0. The topological polar surface area (TPSA) is 46.9 Å². The van der Waals surface area contributed by atoms with E-state index in [2.05, 4.69) is 10.4 Å². The quantitative estimate of drug-likeness (QED) is 0.877. The molecule has 0 unspecified atom stereocenters. The van der Waals surface area contributed by atoms with Crippen LogP contribution in [0, 0.1) is 5.82 Å². The van der Waals surface area contributed by atoms with E-state index < -0.39 is 0 Å². The van der Waals surface area contributed by atoms with Gasteiger partial charge in [0.15, 0.2) is 5.82 Å². The molecule has 2 rings (SSSR count). The molecular weight excluding hydrogens is 221 g/mol. The Balaban J connectivity index is 2.01. The van der Waals surface area contributed by atoms with Crippen LogP contribution in [0.2, 0.25) is 0 Å². The minimum atomic E-state index is -0.372. The van der Waals surface area contributed by atoms with Crippen LogP contribution in [0.1, 0.15) is 5.56 Å². The van der Waals surface area contributed by atoms with Gasteiger partial charge in [-0.1, -0.05) is 18.2 Å². The molecule has 1 aromatic heterocycles. The van der Waals surface area contributed by atoms with Crippen LogP contribution in [0.25, 0.3) is 0 Å². The fourth-order valence-electron chi connectivity index (χ4n) is 1.48. The summed E-state index contributed by atoms with van der Waals surface area (Å²) in [6, 6.07) is 7.90. The molecule has 0 aliphatic rings. The number of carbonyl (C=O) groups is 1. The van der Waals surface area contributed by atoms with Gasteiger partial charge in [-0.25, -0.2) is 4.39 Å². The second-order valence-electron chi connectivity index (χ2n) is 3.69. The number of aryl methyl sites for hydroxylation is 1. The van der Waals surface area contributed by atoms with E-state index in [0.717, 1.165) is 0 Å². The molecule has 1 N–H and O–H groups in total. The van der Waals surface area contributed by atoms with Gasteiger partial charge in [-0.05, 0) is 11.6 Å². The first kappa shape index (κ1) is 11.3. The van der Waals surface area contributed by atoms with Crippen LogP contribution in [0.15, 0.2) is 36.5 Å². The Morgan fingerprint density at radius 3 is 2.82 bits per heavy atom. The maximum atomic E-state index is 13.3. The zero-order valence-corrected chi connectivity index (χ0v) is 9.35. The first-order valence-electron chi connectivity index (χ1n) is 5.18. The van der Waals surface area contributed by atoms with Crippen molar-refractivity contribution in [3.8, 4) is 0 Å². The van der Waals surface area contributed by atoms with Gasteiger partial charge in [0.1, 0.15) is 5.82 Å². The first-order chi connectivity index (χ1) is 8.15. The lowest BCUT2D eigenvalue weighted by atomic mass is 10.1. The highest BCUT2D eigenvalue weighted by molar-refractivity contribution is 5.91. The van der Waals surface area contributed by atoms with E-state index in [4.69, 9.17) is 0 Å². The summed E-state index contributed by atoms with van der Waals surface area (Å²) in [6.07, 6.45) is 1.72. The van der Waals surface area contributed by atoms with Crippen LogP contribution in [-0.4, -0.2) is 15.7 Å². The lowest BCUT2D eigenvalue weighted by Gasteiger charge is -2.03. The number of nitrogens with zero attached hydrogens (tertiary/aromatic N) is 2. The molecule has 17 heavy (non-hydrogen) atoms. The van der Waals surface area contributed by atoms with E-state index in [-0.39, 0.29) is 18.1 Å². The normalized spacial score (nSPS) is 10.2. The highest BCUT2D eigenvalue weighted by atomic mass is 19.1. The molecule has 0 aliphatic heterocycles. The fraction of sp³-hybridized carbons (Fsp3) is 0.167. The minimum absolute atomic E-state index is 0.00322. The number of carbonyl (C=O) groups excluding carboxylic acids is 1. The zero-order chi connectivity index (χ0) is 12.3. The third-order valence-electron chi connectivity index (χ3n) is 2.29. The molecule has 1 amide bonds. The van der Waals surface area contributed by atoms with E-state index in [1.54, 1.807) is 42.2 Å². The van der Waals surface area contributed by atoms with Crippen molar-refractivity contribution in [2.24, 2.45) is 7.05 Å². The maximum absolute atomic E-state index is 13.3. The molecule has 88 valence electrons. The van der Waals surface area contributed by atoms with Gasteiger partial charge in [-0.15, -0.1) is 0 Å². The van der Waals surface area contributed by atoms with E-state index in [9.17, 15) is 9.18 Å². The van der Waals surface area contributed by atoms with E-state index in [1.807, 2.05) is 0 Å². The molecule has 0 atom stereocenters. The van der Waals surface area contributed by atoms with Crippen molar-refractivity contribution in [3.05, 3.63) is 47.9 Å². The zero-order valence-electron chi connectivity index (χ0n) is 9.35. The molecule has 0 aliphatic carbocycles. The largest absolute Gasteiger partial charge is 0.309 e. The van der Waals surface area contributed by atoms with Crippen LogP contribution in [0.5, 0.6) is 0 Å². The summed E-state index contributed by atoms with van der Waals surface area (Å²) in [5.41, 5.74) is 0.376. The average molecular weight is 233 g/mol. The number of benzene rings is 1. The van der Waals surface area contributed by atoms with Crippen molar-refractivity contribution < 1.29 is 9.18 Å². The number of halogens is 1. The van der Waals surface area contributed by atoms with Gasteiger partial charge < -0.3 is 5.32 Å². The maximum Gasteiger partial charge on any atom is 0.230 e. The molecule has 0 radical (unpaired) electrons. The third kappa shape index (κ3) is 2.90. The van der Waals surface area contributed by atoms with Crippen LogP contribution in [0.4, 0.5) is 10.2 Å². The van der Waals surface area contributed by atoms with Crippen molar-refractivity contribution in [1.29, 1.82) is 0 Å². The number of rotatable bonds is 3. The van der Waals surface area contributed by atoms with Crippen LogP contribution < -0.4 is 5.32 Å². The Labute approximate surface area is 98.1 Å². The van der Waals surface area contributed by atoms with Crippen LogP contribution in [0.3, 0.4) is 0 Å². The fourth-order valence-corrected chi connectivity index (χ4v) is 1.48. The van der Waals surface area contributed by atoms with E-state index in [1.165, 1.54) is 6.07 Å². The summed E-state index contributed by atoms with van der Waals surface area (Å²) in [5.74, 6) is -0.189. The van der Waals surface area contributed by atoms with Crippen molar-refractivity contribution >= 4 is 11.7 Å². The molecule has 0 saturated heterocycles. The number of amides is 1. The predicted molar refractivity (Wildman–Crippen MR) is 61.9 cm³/mol. The standard InChI is InChI=1S/C12H12FN3O/c1-16-7-6-11(15-16)14-12(17)8-9-4-2-3-5-10(9)13/h2-7H,8H2,1H3,(H,14,15,17). The highest BCUT2D eigenvalue weighted by Gasteiger charge is 2.08. The smallest absolute Gasteiger partial charge is 0.230 e. The van der Waals surface area contributed by atoms with Gasteiger partial charge in [0.05, 0.1) is 6.42 Å². The average Bonchev–Trinajstić information content (AvgIpc) is 2.67. The molecule has 4 nitrogen and oxygen atoms in total. The predicted octanol–water partition coefficient (Wildman–Crippen LogP) is 1.74. The van der Waals surface area contributed by atoms with E-state index >= 15 is 0 Å². The molecule has 0 spiro atoms. The number of hydrogen-bond donors (Lipinski definition) is 1. The summed E-state index contributed by atoms with van der Waals surface area (Å²) in [5, 5.41) is 6.61. The number of aromatic nitrogens is 2. The second-order valence-corrected chi connectivity index (χ2v) is 3.69. The third-order valence-corrected chi connectivity index (χ3v) is 2.29. The van der Waals surface area contributed by atoms with Crippen LogP contribution in [-0.2, 0) is 18.3 Å². The van der Waals surface area contributed by atoms with Gasteiger partial charge in [0, 0.05) is 19.3 Å². The number of anilines is 1. The van der Waals surface area contributed by atoms with Crippen molar-refractivity contribution in [2.45, 2.75) is 6.42 Å². The van der Waals surface area contributed by atoms with Gasteiger partial charge in [0.25, 0.3) is 0 Å². The molecule has 0 saturated carbocycles. The number of nitrogens with one attached hydrogen (secondary N) is 1. The molecule has 0 fully saturated rings. The highest BCUT2D eigenvalue weighted by Crippen LogP contribution is 2.08. The molecule has 5 heteroatoms. The van der Waals surface area contributed by atoms with Crippen molar-refractivity contribution in [2.75, 3.05) is 5.32 Å². The lowest BCUT2D eigenvalue weighted by Crippen LogP contribution is -2.15. The van der Waals surface area contributed by atoms with Gasteiger partial charge in [-0.2, -0.15) is 5.10 Å². The molecule has 0 bridgehead atoms. The second kappa shape index (κ2) is 4.78. The summed E-state index contributed by atoms with van der Waals surface area (Å²) in [6.45, 7) is 0. The van der Waals surface area contributed by atoms with Gasteiger partial charge in [-0.3, -0.25) is 9.48 Å². The Bertz CT molecular complexity index is 536. The SMILES string of the molecule is Cn1ccc(NC(=O)Cc2ccccc2F)n1. The number of hydrogen-bond acceptors (Lipinski definition) is 2. The monoisotopic (exact) mass is 233 g/mol. The molecule has 2 aromatic rings. The van der Waals surface area contributed by atoms with Gasteiger partial charge >= 0.3 is 0 Å². The first-order valence-corrected chi connectivity index (χ1v) is 5.18. The molecule has 1 aromatic carbocycles. The van der Waals surface area contributed by atoms with Crippen LogP contribution >= 0.6 is 0 Å². The van der Waals surface area contributed by atoms with Crippen molar-refractivity contribution in [1.82, 2.24) is 9.78 Å². The summed E-state index contributed by atoms with van der Waals surface area (Å²) in [7, 11) is 1.76. The molecule has 1 heterocycles. The van der Waals surface area contributed by atoms with E-state index in [0.29, 0.717) is 11.4 Å². The van der Waals surface area contributed by atoms with Crippen molar-refractivity contribution in [3.63, 3.8) is 0 Å². The lowest BCUT2D eigenvalue weighted by molar-refractivity contribution is -0.115. The minimum Gasteiger partial charge on any atom is -0.309 e. The van der Waals surface area contributed by atoms with Gasteiger partial charge in [0.2, 0.25) is 5.91 Å². The Morgan fingerprint density at radius 2 is 2.18 bits per heavy atom. The Hall–Kier alpha value is -2.17. The summed E-state index contributed by atoms with van der Waals surface area (Å²) in [4.78, 5) is 11.6. The Kier molecular flexibility index (Phi) is 3.18.